The first kappa shape index (κ1) is 12.6. The van der Waals surface area contributed by atoms with Gasteiger partial charge in [0.25, 0.3) is 0 Å². The number of likely N-dealkylation sites (tertiary alicyclic amines) is 1. The molecule has 19 heavy (non-hydrogen) atoms. The van der Waals surface area contributed by atoms with Crippen LogP contribution in [0.3, 0.4) is 0 Å². The minimum atomic E-state index is -0.411. The summed E-state index contributed by atoms with van der Waals surface area (Å²) in [6.07, 6.45) is 5.33. The molecule has 1 amide bonds. The van der Waals surface area contributed by atoms with Crippen molar-refractivity contribution < 1.29 is 9.90 Å². The SMILES string of the molecule is O=C(C1CCC1)N1C[C@@H](Cc2ccccn2)[C@H](O)C1. The third-order valence-electron chi connectivity index (χ3n) is 4.37. The van der Waals surface area contributed by atoms with Gasteiger partial charge < -0.3 is 10.0 Å². The molecule has 2 heterocycles. The lowest BCUT2D eigenvalue weighted by atomic mass is 9.84. The number of hydrogen-bond donors (Lipinski definition) is 1. The van der Waals surface area contributed by atoms with Gasteiger partial charge in [0.1, 0.15) is 0 Å². The van der Waals surface area contributed by atoms with Gasteiger partial charge in [0.15, 0.2) is 0 Å². The van der Waals surface area contributed by atoms with Crippen LogP contribution in [-0.4, -0.2) is 40.1 Å². The summed E-state index contributed by atoms with van der Waals surface area (Å²) in [5.41, 5.74) is 0.990. The third kappa shape index (κ3) is 2.63. The zero-order valence-electron chi connectivity index (χ0n) is 11.0. The van der Waals surface area contributed by atoms with Gasteiger partial charge in [-0.1, -0.05) is 12.5 Å². The van der Waals surface area contributed by atoms with Crippen molar-refractivity contribution >= 4 is 5.91 Å². The van der Waals surface area contributed by atoms with Crippen LogP contribution in [0, 0.1) is 11.8 Å². The van der Waals surface area contributed by atoms with E-state index in [1.165, 1.54) is 6.42 Å². The number of carbonyl (C=O) groups is 1. The Morgan fingerprint density at radius 2 is 2.21 bits per heavy atom. The van der Waals surface area contributed by atoms with Crippen molar-refractivity contribution in [3.05, 3.63) is 30.1 Å². The van der Waals surface area contributed by atoms with Crippen molar-refractivity contribution in [1.29, 1.82) is 0 Å². The Morgan fingerprint density at radius 3 is 2.84 bits per heavy atom. The molecule has 2 atom stereocenters. The Bertz CT molecular complexity index is 445. The smallest absolute Gasteiger partial charge is 0.225 e. The predicted molar refractivity (Wildman–Crippen MR) is 71.4 cm³/mol. The zero-order chi connectivity index (χ0) is 13.2. The van der Waals surface area contributed by atoms with E-state index >= 15 is 0 Å². The molecule has 102 valence electrons. The minimum Gasteiger partial charge on any atom is -0.391 e. The Hall–Kier alpha value is -1.42. The standard InChI is InChI=1S/C15H20N2O2/c18-14-10-17(15(19)11-4-3-5-11)9-12(14)8-13-6-1-2-7-16-13/h1-2,6-7,11-12,14,18H,3-5,8-10H2/t12-,14-/m1/s1. The van der Waals surface area contributed by atoms with Gasteiger partial charge in [-0.25, -0.2) is 0 Å². The Morgan fingerprint density at radius 1 is 1.37 bits per heavy atom. The Balaban J connectivity index is 1.60. The number of rotatable bonds is 3. The van der Waals surface area contributed by atoms with Gasteiger partial charge in [0, 0.05) is 36.8 Å². The summed E-state index contributed by atoms with van der Waals surface area (Å²) in [4.78, 5) is 18.3. The second-order valence-corrected chi connectivity index (χ2v) is 5.72. The quantitative estimate of drug-likeness (QED) is 0.889. The van der Waals surface area contributed by atoms with Gasteiger partial charge in [0.2, 0.25) is 5.91 Å². The zero-order valence-corrected chi connectivity index (χ0v) is 11.0. The molecule has 0 unspecified atom stereocenters. The molecule has 2 aliphatic rings. The summed E-state index contributed by atoms with van der Waals surface area (Å²) in [7, 11) is 0. The summed E-state index contributed by atoms with van der Waals surface area (Å²) < 4.78 is 0. The molecule has 1 aliphatic heterocycles. The van der Waals surface area contributed by atoms with E-state index in [2.05, 4.69) is 4.98 Å². The highest BCUT2D eigenvalue weighted by Gasteiger charge is 2.38. The van der Waals surface area contributed by atoms with Crippen LogP contribution in [0.15, 0.2) is 24.4 Å². The van der Waals surface area contributed by atoms with Crippen molar-refractivity contribution in [3.63, 3.8) is 0 Å². The number of carbonyl (C=O) groups excluding carboxylic acids is 1. The van der Waals surface area contributed by atoms with Crippen molar-refractivity contribution in [2.24, 2.45) is 11.8 Å². The fourth-order valence-corrected chi connectivity index (χ4v) is 2.94. The summed E-state index contributed by atoms with van der Waals surface area (Å²) in [5.74, 6) is 0.591. The van der Waals surface area contributed by atoms with Crippen molar-refractivity contribution in [3.8, 4) is 0 Å². The first-order valence-corrected chi connectivity index (χ1v) is 7.11. The van der Waals surface area contributed by atoms with Crippen LogP contribution in [0.5, 0.6) is 0 Å². The van der Waals surface area contributed by atoms with Crippen LogP contribution in [-0.2, 0) is 11.2 Å². The Labute approximate surface area is 113 Å². The van der Waals surface area contributed by atoms with Crippen LogP contribution in [0.25, 0.3) is 0 Å². The van der Waals surface area contributed by atoms with Crippen LogP contribution in [0.2, 0.25) is 0 Å². The molecule has 0 bridgehead atoms. The van der Waals surface area contributed by atoms with E-state index in [-0.39, 0.29) is 17.7 Å². The number of β-amino-alcohol motifs (C(OH)–C–C–N with tert-alkyl or cyclic N) is 1. The maximum absolute atomic E-state index is 12.2. The van der Waals surface area contributed by atoms with E-state index in [9.17, 15) is 9.90 Å². The summed E-state index contributed by atoms with van der Waals surface area (Å²) in [5, 5.41) is 10.1. The number of aliphatic hydroxyl groups is 1. The third-order valence-corrected chi connectivity index (χ3v) is 4.37. The van der Waals surface area contributed by atoms with Gasteiger partial charge in [-0.15, -0.1) is 0 Å². The molecular formula is C15H20N2O2. The normalized spacial score (nSPS) is 27.3. The minimum absolute atomic E-state index is 0.124. The molecular weight excluding hydrogens is 240 g/mol. The maximum atomic E-state index is 12.2. The summed E-state index contributed by atoms with van der Waals surface area (Å²) >= 11 is 0. The van der Waals surface area contributed by atoms with E-state index in [1.54, 1.807) is 6.20 Å². The summed E-state index contributed by atoms with van der Waals surface area (Å²) in [6, 6.07) is 5.82. The molecule has 1 saturated heterocycles. The highest BCUT2D eigenvalue weighted by molar-refractivity contribution is 5.80. The molecule has 0 aromatic carbocycles. The number of aliphatic hydroxyl groups excluding tert-OH is 1. The van der Waals surface area contributed by atoms with Crippen LogP contribution in [0.1, 0.15) is 25.0 Å². The fourth-order valence-electron chi connectivity index (χ4n) is 2.94. The highest BCUT2D eigenvalue weighted by atomic mass is 16.3. The summed E-state index contributed by atoms with van der Waals surface area (Å²) in [6.45, 7) is 1.17. The molecule has 1 N–H and O–H groups in total. The number of aromatic nitrogens is 1. The molecule has 1 aliphatic carbocycles. The molecule has 3 rings (SSSR count). The van der Waals surface area contributed by atoms with Gasteiger partial charge in [-0.05, 0) is 31.4 Å². The van der Waals surface area contributed by atoms with Gasteiger partial charge >= 0.3 is 0 Å². The lowest BCUT2D eigenvalue weighted by molar-refractivity contribution is -0.137. The lowest BCUT2D eigenvalue weighted by Crippen LogP contribution is -2.37. The van der Waals surface area contributed by atoms with Gasteiger partial charge in [-0.3, -0.25) is 9.78 Å². The predicted octanol–water partition coefficient (Wildman–Crippen LogP) is 1.24. The van der Waals surface area contributed by atoms with Crippen LogP contribution < -0.4 is 0 Å². The van der Waals surface area contributed by atoms with E-state index < -0.39 is 6.10 Å². The molecule has 0 spiro atoms. The average Bonchev–Trinajstić information content (AvgIpc) is 2.70. The Kier molecular flexibility index (Phi) is 3.51. The molecule has 1 saturated carbocycles. The molecule has 2 fully saturated rings. The topological polar surface area (TPSA) is 53.4 Å². The molecule has 4 nitrogen and oxygen atoms in total. The number of nitrogens with zero attached hydrogens (tertiary/aromatic N) is 2. The maximum Gasteiger partial charge on any atom is 0.225 e. The van der Waals surface area contributed by atoms with Gasteiger partial charge in [0.05, 0.1) is 6.10 Å². The monoisotopic (exact) mass is 260 g/mol. The second-order valence-electron chi connectivity index (χ2n) is 5.72. The van der Waals surface area contributed by atoms with Crippen molar-refractivity contribution in [2.75, 3.05) is 13.1 Å². The average molecular weight is 260 g/mol. The number of amides is 1. The van der Waals surface area contributed by atoms with Crippen LogP contribution >= 0.6 is 0 Å². The van der Waals surface area contributed by atoms with Crippen LogP contribution in [0.4, 0.5) is 0 Å². The van der Waals surface area contributed by atoms with E-state index in [1.807, 2.05) is 23.1 Å². The number of pyridine rings is 1. The number of hydrogen-bond acceptors (Lipinski definition) is 3. The van der Waals surface area contributed by atoms with E-state index in [0.717, 1.165) is 25.0 Å². The van der Waals surface area contributed by atoms with Crippen molar-refractivity contribution in [1.82, 2.24) is 9.88 Å². The highest BCUT2D eigenvalue weighted by Crippen LogP contribution is 2.31. The van der Waals surface area contributed by atoms with E-state index in [4.69, 9.17) is 0 Å². The first-order valence-electron chi connectivity index (χ1n) is 7.11. The molecule has 4 heteroatoms. The largest absolute Gasteiger partial charge is 0.391 e. The lowest BCUT2D eigenvalue weighted by Gasteiger charge is -2.29. The van der Waals surface area contributed by atoms with Crippen molar-refractivity contribution in [2.45, 2.75) is 31.8 Å². The second kappa shape index (κ2) is 5.29. The first-order chi connectivity index (χ1) is 9.24. The molecule has 1 aromatic rings. The molecule has 1 aromatic heterocycles. The molecule has 0 radical (unpaired) electrons. The van der Waals surface area contributed by atoms with E-state index in [0.29, 0.717) is 13.1 Å². The van der Waals surface area contributed by atoms with Gasteiger partial charge in [-0.2, -0.15) is 0 Å². The fraction of sp³-hybridized carbons (Fsp3) is 0.600.